The highest BCUT2D eigenvalue weighted by molar-refractivity contribution is 4.87. The number of aliphatic hydroxyl groups is 1. The molecule has 0 aliphatic carbocycles. The largest absolute Gasteiger partial charge is 0.392 e. The molecule has 1 unspecified atom stereocenters. The van der Waals surface area contributed by atoms with Crippen molar-refractivity contribution in [2.24, 2.45) is 0 Å². The molecule has 0 aromatic rings. The lowest BCUT2D eigenvalue weighted by atomic mass is 10.1. The van der Waals surface area contributed by atoms with Crippen molar-refractivity contribution in [3.63, 3.8) is 0 Å². The van der Waals surface area contributed by atoms with Crippen LogP contribution in [0.5, 0.6) is 0 Å². The van der Waals surface area contributed by atoms with E-state index in [0.29, 0.717) is 0 Å². The molecule has 3 heteroatoms. The van der Waals surface area contributed by atoms with E-state index in [1.54, 1.807) is 0 Å². The van der Waals surface area contributed by atoms with E-state index in [-0.39, 0.29) is 6.10 Å². The second-order valence-electron chi connectivity index (χ2n) is 4.65. The third kappa shape index (κ3) is 2.27. The SMILES string of the molecule is CC[C@H](O)CN1CCN2CCCC2C1. The second-order valence-corrected chi connectivity index (χ2v) is 4.65. The average Bonchev–Trinajstić information content (AvgIpc) is 2.64. The fraction of sp³-hybridized carbons (Fsp3) is 1.00. The van der Waals surface area contributed by atoms with Gasteiger partial charge in [0.25, 0.3) is 0 Å². The first-order valence-electron chi connectivity index (χ1n) is 5.94. The third-order valence-electron chi connectivity index (χ3n) is 3.61. The topological polar surface area (TPSA) is 26.7 Å². The van der Waals surface area contributed by atoms with Gasteiger partial charge in [-0.15, -0.1) is 0 Å². The van der Waals surface area contributed by atoms with Crippen LogP contribution in [0.2, 0.25) is 0 Å². The summed E-state index contributed by atoms with van der Waals surface area (Å²) >= 11 is 0. The number of hydrogen-bond acceptors (Lipinski definition) is 3. The van der Waals surface area contributed by atoms with Gasteiger partial charge in [0.2, 0.25) is 0 Å². The number of piperazine rings is 1. The molecule has 0 bridgehead atoms. The van der Waals surface area contributed by atoms with Crippen LogP contribution >= 0.6 is 0 Å². The van der Waals surface area contributed by atoms with E-state index in [0.717, 1.165) is 25.6 Å². The van der Waals surface area contributed by atoms with Gasteiger partial charge >= 0.3 is 0 Å². The van der Waals surface area contributed by atoms with E-state index >= 15 is 0 Å². The minimum atomic E-state index is -0.122. The predicted molar refractivity (Wildman–Crippen MR) is 57.3 cm³/mol. The Morgan fingerprint density at radius 2 is 2.21 bits per heavy atom. The Morgan fingerprint density at radius 1 is 1.36 bits per heavy atom. The molecule has 82 valence electrons. The average molecular weight is 198 g/mol. The van der Waals surface area contributed by atoms with Crippen LogP contribution in [0.15, 0.2) is 0 Å². The van der Waals surface area contributed by atoms with Gasteiger partial charge in [-0.1, -0.05) is 6.92 Å². The summed E-state index contributed by atoms with van der Waals surface area (Å²) < 4.78 is 0. The summed E-state index contributed by atoms with van der Waals surface area (Å²) in [6.07, 6.45) is 3.49. The van der Waals surface area contributed by atoms with Crippen molar-refractivity contribution in [3.05, 3.63) is 0 Å². The molecule has 0 saturated carbocycles. The summed E-state index contributed by atoms with van der Waals surface area (Å²) in [7, 11) is 0. The number of aliphatic hydroxyl groups excluding tert-OH is 1. The summed E-state index contributed by atoms with van der Waals surface area (Å²) in [6, 6.07) is 0.785. The molecule has 2 aliphatic heterocycles. The third-order valence-corrected chi connectivity index (χ3v) is 3.61. The second kappa shape index (κ2) is 4.60. The van der Waals surface area contributed by atoms with E-state index in [4.69, 9.17) is 0 Å². The van der Waals surface area contributed by atoms with E-state index < -0.39 is 0 Å². The van der Waals surface area contributed by atoms with Crippen molar-refractivity contribution in [3.8, 4) is 0 Å². The fourth-order valence-electron chi connectivity index (χ4n) is 2.65. The minimum Gasteiger partial charge on any atom is -0.392 e. The van der Waals surface area contributed by atoms with Crippen molar-refractivity contribution in [2.75, 3.05) is 32.7 Å². The molecule has 2 rings (SSSR count). The van der Waals surface area contributed by atoms with Gasteiger partial charge in [-0.05, 0) is 25.8 Å². The summed E-state index contributed by atoms with van der Waals surface area (Å²) in [5.74, 6) is 0. The smallest absolute Gasteiger partial charge is 0.0664 e. The van der Waals surface area contributed by atoms with Crippen molar-refractivity contribution in [1.82, 2.24) is 9.80 Å². The lowest BCUT2D eigenvalue weighted by Crippen LogP contribution is -2.51. The zero-order chi connectivity index (χ0) is 9.97. The Labute approximate surface area is 86.7 Å². The van der Waals surface area contributed by atoms with Crippen molar-refractivity contribution in [2.45, 2.75) is 38.3 Å². The van der Waals surface area contributed by atoms with E-state index in [9.17, 15) is 5.11 Å². The molecule has 1 N–H and O–H groups in total. The zero-order valence-electron chi connectivity index (χ0n) is 9.15. The maximum absolute atomic E-state index is 9.60. The fourth-order valence-corrected chi connectivity index (χ4v) is 2.65. The Hall–Kier alpha value is -0.120. The number of fused-ring (bicyclic) bond motifs is 1. The van der Waals surface area contributed by atoms with Crippen LogP contribution in [0, 0.1) is 0 Å². The van der Waals surface area contributed by atoms with Crippen LogP contribution in [0.3, 0.4) is 0 Å². The van der Waals surface area contributed by atoms with Gasteiger partial charge in [0.05, 0.1) is 6.10 Å². The summed E-state index contributed by atoms with van der Waals surface area (Å²) in [6.45, 7) is 7.76. The van der Waals surface area contributed by atoms with Crippen LogP contribution in [0.25, 0.3) is 0 Å². The molecule has 2 aliphatic rings. The summed E-state index contributed by atoms with van der Waals surface area (Å²) in [4.78, 5) is 5.04. The maximum Gasteiger partial charge on any atom is 0.0664 e. The molecule has 2 saturated heterocycles. The van der Waals surface area contributed by atoms with Crippen molar-refractivity contribution in [1.29, 1.82) is 0 Å². The predicted octanol–water partition coefficient (Wildman–Crippen LogP) is 0.537. The standard InChI is InChI=1S/C11H22N2O/c1-2-11(14)9-12-6-7-13-5-3-4-10(13)8-12/h10-11,14H,2-9H2,1H3/t10?,11-/m0/s1. The van der Waals surface area contributed by atoms with Gasteiger partial charge in [-0.2, -0.15) is 0 Å². The molecule has 3 nitrogen and oxygen atoms in total. The molecule has 0 radical (unpaired) electrons. The van der Waals surface area contributed by atoms with E-state index in [2.05, 4.69) is 16.7 Å². The minimum absolute atomic E-state index is 0.122. The molecule has 0 spiro atoms. The lowest BCUT2D eigenvalue weighted by molar-refractivity contribution is 0.0556. The molecular weight excluding hydrogens is 176 g/mol. The first kappa shape index (κ1) is 10.4. The van der Waals surface area contributed by atoms with Crippen LogP contribution in [-0.4, -0.2) is 59.8 Å². The molecule has 14 heavy (non-hydrogen) atoms. The molecule has 0 aromatic carbocycles. The molecule has 2 heterocycles. The van der Waals surface area contributed by atoms with Crippen LogP contribution in [0.1, 0.15) is 26.2 Å². The van der Waals surface area contributed by atoms with Crippen LogP contribution in [0.4, 0.5) is 0 Å². The van der Waals surface area contributed by atoms with Gasteiger partial charge in [0.15, 0.2) is 0 Å². The number of hydrogen-bond donors (Lipinski definition) is 1. The highest BCUT2D eigenvalue weighted by atomic mass is 16.3. The first-order valence-corrected chi connectivity index (χ1v) is 5.94. The van der Waals surface area contributed by atoms with Crippen molar-refractivity contribution >= 4 is 0 Å². The van der Waals surface area contributed by atoms with Gasteiger partial charge in [0, 0.05) is 32.2 Å². The number of rotatable bonds is 3. The molecular formula is C11H22N2O. The van der Waals surface area contributed by atoms with Gasteiger partial charge in [-0.25, -0.2) is 0 Å². The number of β-amino-alcohol motifs (C(OH)–C–C–N with tert-alkyl or cyclic N) is 1. The first-order chi connectivity index (χ1) is 6.79. The molecule has 2 fully saturated rings. The van der Waals surface area contributed by atoms with Gasteiger partial charge < -0.3 is 5.11 Å². The molecule has 0 amide bonds. The molecule has 0 aromatic heterocycles. The Morgan fingerprint density at radius 3 is 3.00 bits per heavy atom. The quantitative estimate of drug-likeness (QED) is 0.717. The van der Waals surface area contributed by atoms with Crippen LogP contribution in [-0.2, 0) is 0 Å². The van der Waals surface area contributed by atoms with E-state index in [1.807, 2.05) is 0 Å². The highest BCUT2D eigenvalue weighted by Crippen LogP contribution is 2.21. The monoisotopic (exact) mass is 198 g/mol. The summed E-state index contributed by atoms with van der Waals surface area (Å²) in [5, 5.41) is 9.60. The summed E-state index contributed by atoms with van der Waals surface area (Å²) in [5.41, 5.74) is 0. The Bertz CT molecular complexity index is 186. The highest BCUT2D eigenvalue weighted by Gasteiger charge is 2.30. The van der Waals surface area contributed by atoms with Gasteiger partial charge in [0.1, 0.15) is 0 Å². The lowest BCUT2D eigenvalue weighted by Gasteiger charge is -2.38. The number of nitrogens with zero attached hydrogens (tertiary/aromatic N) is 2. The molecule has 2 atom stereocenters. The maximum atomic E-state index is 9.60. The Balaban J connectivity index is 1.79. The van der Waals surface area contributed by atoms with Crippen LogP contribution < -0.4 is 0 Å². The zero-order valence-corrected chi connectivity index (χ0v) is 9.15. The van der Waals surface area contributed by atoms with Gasteiger partial charge in [-0.3, -0.25) is 9.80 Å². The van der Waals surface area contributed by atoms with E-state index in [1.165, 1.54) is 32.5 Å². The normalized spacial score (nSPS) is 31.7. The van der Waals surface area contributed by atoms with Crippen molar-refractivity contribution < 1.29 is 5.11 Å². The Kier molecular flexibility index (Phi) is 3.42.